The molecule has 12 heterocycles. The molecule has 16 nitrogen and oxygen atoms in total. The van der Waals surface area contributed by atoms with Crippen molar-refractivity contribution in [2.24, 2.45) is 0 Å². The maximum Gasteiger partial charge on any atom is 0.224 e. The number of benzene rings is 8. The molecule has 0 amide bonds. The Morgan fingerprint density at radius 1 is 0.208 bits per heavy atom. The molecule has 0 atom stereocenters. The van der Waals surface area contributed by atoms with Crippen LogP contribution in [-0.4, -0.2) is 77.2 Å². The van der Waals surface area contributed by atoms with Crippen LogP contribution in [0.4, 0.5) is 0 Å². The summed E-state index contributed by atoms with van der Waals surface area (Å²) in [4.78, 5) is 41.7. The zero-order valence-corrected chi connectivity index (χ0v) is 60.3. The van der Waals surface area contributed by atoms with Crippen molar-refractivity contribution in [2.45, 2.75) is 0 Å². The first-order valence-corrected chi connectivity index (χ1v) is 35.4. The lowest BCUT2D eigenvalue weighted by molar-refractivity contribution is 1.08. The van der Waals surface area contributed by atoms with Gasteiger partial charge in [0, 0.05) is 129 Å². The van der Waals surface area contributed by atoms with E-state index in [9.17, 15) is 0 Å². The molecule has 0 aliphatic rings. The molecule has 0 aliphatic heterocycles. The Bertz CT molecular complexity index is 6090. The Morgan fingerprint density at radius 2 is 0.585 bits per heavy atom. The van der Waals surface area contributed by atoms with E-state index in [1.54, 1.807) is 37.1 Å². The summed E-state index contributed by atoms with van der Waals surface area (Å²) in [5.41, 5.74) is 14.9. The van der Waals surface area contributed by atoms with Crippen LogP contribution < -0.4 is 0 Å². The number of nitrogens with zero attached hydrogens (tertiary/aromatic N) is 16. The average molecular weight is 1500 g/mol. The number of aromatic nitrogens is 16. The number of pyridine rings is 2. The van der Waals surface area contributed by atoms with E-state index in [0.29, 0.717) is 15.5 Å². The molecule has 106 heavy (non-hydrogen) atoms. The number of fused-ring (bicyclic) bond motifs is 7. The van der Waals surface area contributed by atoms with Crippen LogP contribution in [0.15, 0.2) is 341 Å². The summed E-state index contributed by atoms with van der Waals surface area (Å²) in [5, 5.41) is 9.77. The van der Waals surface area contributed by atoms with Gasteiger partial charge < -0.3 is 22.8 Å². The summed E-state index contributed by atoms with van der Waals surface area (Å²) in [5.74, 6) is 0. The van der Waals surface area contributed by atoms with Crippen LogP contribution in [-0.2, 0) is 0 Å². The second-order valence-electron chi connectivity index (χ2n) is 23.7. The minimum atomic E-state index is 0.258. The summed E-state index contributed by atoms with van der Waals surface area (Å²) < 4.78 is 12.1. The number of rotatable bonds is 7. The zero-order chi connectivity index (χ0) is 72.3. The largest absolute Gasteiger partial charge is 0.316 e. The summed E-state index contributed by atoms with van der Waals surface area (Å²) in [7, 11) is 0. The lowest BCUT2D eigenvalue weighted by Gasteiger charge is -2.07. The third kappa shape index (κ3) is 15.9. The van der Waals surface area contributed by atoms with Crippen molar-refractivity contribution in [3.63, 3.8) is 0 Å². The fourth-order valence-corrected chi connectivity index (χ4v) is 12.8. The maximum absolute atomic E-state index is 5.91. The quantitative estimate of drug-likeness (QED) is 0.111. The highest BCUT2D eigenvalue weighted by Crippen LogP contribution is 2.29. The average Bonchev–Trinajstić information content (AvgIpc) is 1.61. The third-order valence-electron chi connectivity index (χ3n) is 17.0. The van der Waals surface area contributed by atoms with Gasteiger partial charge in [0.2, 0.25) is 15.9 Å². The van der Waals surface area contributed by atoms with Crippen molar-refractivity contribution in [3.8, 4) is 45.3 Å². The molecule has 0 aliphatic carbocycles. The smallest absolute Gasteiger partial charge is 0.224 e. The van der Waals surface area contributed by atoms with Crippen molar-refractivity contribution in [2.75, 3.05) is 0 Å². The van der Waals surface area contributed by atoms with E-state index >= 15 is 0 Å². The molecule has 12 aromatic heterocycles. The molecule has 0 bridgehead atoms. The fourth-order valence-electron chi connectivity index (χ4n) is 12.0. The number of halogens is 6. The number of hydrogen-bond donors (Lipinski definition) is 0. The normalized spacial score (nSPS) is 10.9. The second kappa shape index (κ2) is 32.1. The molecule has 0 spiro atoms. The van der Waals surface area contributed by atoms with E-state index in [2.05, 4.69) is 133 Å². The lowest BCUT2D eigenvalue weighted by atomic mass is 10.1. The van der Waals surface area contributed by atoms with Crippen molar-refractivity contribution in [3.05, 3.63) is 372 Å². The van der Waals surface area contributed by atoms with Crippen LogP contribution in [0.3, 0.4) is 0 Å². The first-order chi connectivity index (χ1) is 52.0. The molecule has 514 valence electrons. The van der Waals surface area contributed by atoms with Crippen LogP contribution in [0.2, 0.25) is 31.3 Å². The molecular weight excluding hydrogens is 1450 g/mol. The van der Waals surface area contributed by atoms with Gasteiger partial charge in [-0.1, -0.05) is 180 Å². The van der Waals surface area contributed by atoms with Crippen LogP contribution in [0, 0.1) is 0 Å². The molecule has 8 aromatic carbocycles. The Kier molecular flexibility index (Phi) is 21.0. The van der Waals surface area contributed by atoms with Crippen LogP contribution in [0.1, 0.15) is 0 Å². The Hall–Kier alpha value is -12.4. The van der Waals surface area contributed by atoms with E-state index in [-0.39, 0.29) is 15.9 Å². The molecule has 0 saturated heterocycles. The summed E-state index contributed by atoms with van der Waals surface area (Å²) in [6.45, 7) is 0. The standard InChI is InChI=1S/C18H12ClN3.C16H10ClN3.2C13H9ClN2.2C12H8ClN3/c19-18-20-12-15-10-11-22(17(15)21-18)16-8-6-14(7-9-16)13-4-2-1-3-5-13;17-16-18-10-13-7-8-20(15(13)19-16)14-6-5-11-3-1-2-4-12(11)9-14;14-13-8-12-10(9-15-13)6-7-16(12)11-4-2-1-3-5-11;14-12-7-6-10-8-9-16(13(10)15-12)11-4-2-1-3-5-11;13-12-14-8-9-6-7-16(11(9)15-12)10-4-2-1-3-5-10;13-11-8-14-12-10(15-11)6-7-16(12)9-4-2-1-3-5-9/h1-12H;1-10H;2*1-9H;2*1-8H. The molecule has 20 rings (SSSR count). The first kappa shape index (κ1) is 69.3. The van der Waals surface area contributed by atoms with Gasteiger partial charge in [-0.15, -0.1) is 0 Å². The van der Waals surface area contributed by atoms with Gasteiger partial charge in [-0.3, -0.25) is 4.57 Å². The van der Waals surface area contributed by atoms with Crippen molar-refractivity contribution in [1.82, 2.24) is 77.2 Å². The molecule has 0 fully saturated rings. The van der Waals surface area contributed by atoms with Gasteiger partial charge in [0.15, 0.2) is 5.65 Å². The Labute approximate surface area is 636 Å². The van der Waals surface area contributed by atoms with Gasteiger partial charge in [-0.25, -0.2) is 34.9 Å². The van der Waals surface area contributed by atoms with E-state index < -0.39 is 0 Å². The zero-order valence-electron chi connectivity index (χ0n) is 55.8. The molecule has 0 saturated carbocycles. The van der Waals surface area contributed by atoms with Crippen molar-refractivity contribution in [1.29, 1.82) is 0 Å². The molecule has 0 unspecified atom stereocenters. The SMILES string of the molecule is Clc1cc2c(ccn2-c2ccccc2)cn1.Clc1ccc2ccn(-c3ccccc3)c2n1.Clc1cnc2c(ccn2-c2ccccc2)n1.Clc1ncc2ccn(-c3ccc(-c4ccccc4)cc3)c2n1.Clc1ncc2ccn(-c3ccc4ccccc4c3)c2n1.Clc1ncc2ccn(-c3ccccc3)c2n1. The van der Waals surface area contributed by atoms with Gasteiger partial charge >= 0.3 is 0 Å². The van der Waals surface area contributed by atoms with Crippen LogP contribution >= 0.6 is 69.6 Å². The lowest BCUT2D eigenvalue weighted by Crippen LogP contribution is -1.94. The number of para-hydroxylation sites is 4. The van der Waals surface area contributed by atoms with Crippen molar-refractivity contribution < 1.29 is 0 Å². The van der Waals surface area contributed by atoms with E-state index in [1.165, 1.54) is 21.9 Å². The maximum atomic E-state index is 5.91. The third-order valence-corrected chi connectivity index (χ3v) is 18.1. The monoisotopic (exact) mass is 1500 g/mol. The number of hydrogen-bond acceptors (Lipinski definition) is 10. The summed E-state index contributed by atoms with van der Waals surface area (Å²) in [6.07, 6.45) is 20.4. The molecule has 0 N–H and O–H groups in total. The van der Waals surface area contributed by atoms with Crippen LogP contribution in [0.25, 0.3) is 122 Å². The van der Waals surface area contributed by atoms with Gasteiger partial charge in [-0.2, -0.15) is 15.0 Å². The minimum Gasteiger partial charge on any atom is -0.316 e. The second-order valence-corrected chi connectivity index (χ2v) is 25.8. The van der Waals surface area contributed by atoms with Gasteiger partial charge in [-0.05, 0) is 178 Å². The highest BCUT2D eigenvalue weighted by molar-refractivity contribution is 6.31. The summed E-state index contributed by atoms with van der Waals surface area (Å²) >= 11 is 35.2. The molecule has 20 aromatic rings. The Balaban J connectivity index is 0.000000102. The van der Waals surface area contributed by atoms with E-state index in [0.717, 1.165) is 100 Å². The molecular formula is C84H56Cl6N16. The van der Waals surface area contributed by atoms with Crippen LogP contribution in [0.5, 0.6) is 0 Å². The predicted octanol–water partition coefficient (Wildman–Crippen LogP) is 22.5. The highest BCUT2D eigenvalue weighted by Gasteiger charge is 2.12. The van der Waals surface area contributed by atoms with E-state index in [1.807, 2.05) is 248 Å². The summed E-state index contributed by atoms with van der Waals surface area (Å²) in [6, 6.07) is 91.2. The topological polar surface area (TPSA) is 158 Å². The fraction of sp³-hybridized carbons (Fsp3) is 0. The van der Waals surface area contributed by atoms with Gasteiger partial charge in [0.25, 0.3) is 0 Å². The molecule has 22 heteroatoms. The predicted molar refractivity (Wildman–Crippen MR) is 431 cm³/mol. The van der Waals surface area contributed by atoms with Gasteiger partial charge in [0.05, 0.1) is 11.7 Å². The van der Waals surface area contributed by atoms with Crippen molar-refractivity contribution >= 4 is 147 Å². The van der Waals surface area contributed by atoms with E-state index in [4.69, 9.17) is 69.6 Å². The highest BCUT2D eigenvalue weighted by atomic mass is 35.5. The molecule has 0 radical (unpaired) electrons. The first-order valence-electron chi connectivity index (χ1n) is 33.1. The Morgan fingerprint density at radius 3 is 1.11 bits per heavy atom. The van der Waals surface area contributed by atoms with Gasteiger partial charge in [0.1, 0.15) is 43.6 Å². The minimum absolute atomic E-state index is 0.258.